The minimum atomic E-state index is -0.643. The third-order valence-corrected chi connectivity index (χ3v) is 6.66. The fourth-order valence-electron chi connectivity index (χ4n) is 3.87. The number of carbonyl (C=O) groups excluding carboxylic acids is 2. The second-order valence-corrected chi connectivity index (χ2v) is 9.03. The van der Waals surface area contributed by atoms with Gasteiger partial charge in [0.05, 0.1) is 5.56 Å². The van der Waals surface area contributed by atoms with Crippen LogP contribution in [-0.4, -0.2) is 18.5 Å². The minimum Gasteiger partial charge on any atom is -0.488 e. The fraction of sp³-hybridized carbons (Fsp3) is 0.269. The van der Waals surface area contributed by atoms with Crippen molar-refractivity contribution in [1.82, 2.24) is 0 Å². The Labute approximate surface area is 196 Å². The lowest BCUT2D eigenvalue weighted by Crippen LogP contribution is -2.21. The molecule has 0 radical (unpaired) electrons. The topological polar surface area (TPSA) is 88.4 Å². The number of nitrogens with one attached hydrogen (secondary N) is 1. The van der Waals surface area contributed by atoms with Crippen molar-refractivity contribution < 1.29 is 19.1 Å². The molecule has 4 rings (SSSR count). The van der Waals surface area contributed by atoms with Crippen LogP contribution in [0.25, 0.3) is 0 Å². The standard InChI is InChI=1S/C26H24N2O4S/c1-17-7-6-8-18(13-17)15-31-22-11-4-2-10-20(22)26(30)32-16-24(29)28-25-21(14-27)19-9-3-5-12-23(19)33-25/h2,4,6-8,10-11,13H,3,5,9,12,15-16H2,1H3,(H,28,29). The van der Waals surface area contributed by atoms with E-state index in [1.165, 1.54) is 11.3 Å². The maximum Gasteiger partial charge on any atom is 0.342 e. The molecule has 33 heavy (non-hydrogen) atoms. The van der Waals surface area contributed by atoms with Gasteiger partial charge in [0, 0.05) is 4.88 Å². The molecule has 1 N–H and O–H groups in total. The van der Waals surface area contributed by atoms with E-state index in [1.54, 1.807) is 24.3 Å². The first-order valence-electron chi connectivity index (χ1n) is 10.8. The van der Waals surface area contributed by atoms with E-state index >= 15 is 0 Å². The molecule has 1 aromatic heterocycles. The van der Waals surface area contributed by atoms with Crippen molar-refractivity contribution in [2.75, 3.05) is 11.9 Å². The normalized spacial score (nSPS) is 12.4. The molecule has 0 atom stereocenters. The zero-order chi connectivity index (χ0) is 23.2. The number of benzene rings is 2. The number of aryl methyl sites for hydroxylation is 2. The highest BCUT2D eigenvalue weighted by atomic mass is 32.1. The van der Waals surface area contributed by atoms with E-state index in [1.807, 2.05) is 31.2 Å². The molecule has 0 aliphatic heterocycles. The number of fused-ring (bicyclic) bond motifs is 1. The highest BCUT2D eigenvalue weighted by molar-refractivity contribution is 7.16. The molecule has 7 heteroatoms. The second kappa shape index (κ2) is 10.3. The monoisotopic (exact) mass is 460 g/mol. The first kappa shape index (κ1) is 22.6. The summed E-state index contributed by atoms with van der Waals surface area (Å²) in [5, 5.41) is 12.8. The van der Waals surface area contributed by atoms with Crippen LogP contribution < -0.4 is 10.1 Å². The van der Waals surface area contributed by atoms with Crippen molar-refractivity contribution in [3.63, 3.8) is 0 Å². The minimum absolute atomic E-state index is 0.252. The molecule has 1 heterocycles. The summed E-state index contributed by atoms with van der Waals surface area (Å²) in [5.41, 5.74) is 3.94. The number of nitriles is 1. The van der Waals surface area contributed by atoms with Gasteiger partial charge in [-0.25, -0.2) is 4.79 Å². The van der Waals surface area contributed by atoms with Crippen molar-refractivity contribution >= 4 is 28.2 Å². The summed E-state index contributed by atoms with van der Waals surface area (Å²) in [6.45, 7) is 1.87. The van der Waals surface area contributed by atoms with Gasteiger partial charge >= 0.3 is 5.97 Å². The number of ether oxygens (including phenoxy) is 2. The Morgan fingerprint density at radius 2 is 1.94 bits per heavy atom. The molecule has 1 amide bonds. The van der Waals surface area contributed by atoms with Crippen molar-refractivity contribution in [3.8, 4) is 11.8 Å². The van der Waals surface area contributed by atoms with E-state index in [-0.39, 0.29) is 5.56 Å². The predicted molar refractivity (Wildman–Crippen MR) is 127 cm³/mol. The summed E-state index contributed by atoms with van der Waals surface area (Å²) in [7, 11) is 0. The molecule has 3 aromatic rings. The Balaban J connectivity index is 1.37. The predicted octanol–water partition coefficient (Wildman–Crippen LogP) is 5.18. The smallest absolute Gasteiger partial charge is 0.342 e. The second-order valence-electron chi connectivity index (χ2n) is 7.93. The lowest BCUT2D eigenvalue weighted by Gasteiger charge is -2.12. The summed E-state index contributed by atoms with van der Waals surface area (Å²) >= 11 is 1.44. The summed E-state index contributed by atoms with van der Waals surface area (Å²) in [5.74, 6) is -0.727. The number of hydrogen-bond donors (Lipinski definition) is 1. The molecular weight excluding hydrogens is 436 g/mol. The van der Waals surface area contributed by atoms with E-state index in [4.69, 9.17) is 9.47 Å². The Morgan fingerprint density at radius 3 is 2.76 bits per heavy atom. The van der Waals surface area contributed by atoms with Gasteiger partial charge in [0.25, 0.3) is 5.91 Å². The van der Waals surface area contributed by atoms with Gasteiger partial charge in [-0.15, -0.1) is 11.3 Å². The quantitative estimate of drug-likeness (QED) is 0.491. The zero-order valence-electron chi connectivity index (χ0n) is 18.3. The Hall–Kier alpha value is -3.63. The van der Waals surface area contributed by atoms with E-state index < -0.39 is 18.5 Å². The molecule has 0 bridgehead atoms. The molecule has 168 valence electrons. The van der Waals surface area contributed by atoms with Crippen molar-refractivity contribution in [2.24, 2.45) is 0 Å². The van der Waals surface area contributed by atoms with E-state index in [0.29, 0.717) is 22.9 Å². The summed E-state index contributed by atoms with van der Waals surface area (Å²) in [4.78, 5) is 26.2. The van der Waals surface area contributed by atoms with Crippen molar-refractivity contribution in [3.05, 3.63) is 81.2 Å². The highest BCUT2D eigenvalue weighted by Crippen LogP contribution is 2.37. The largest absolute Gasteiger partial charge is 0.488 e. The molecule has 1 aliphatic rings. The van der Waals surface area contributed by atoms with Gasteiger partial charge in [-0.05, 0) is 55.9 Å². The lowest BCUT2D eigenvalue weighted by molar-refractivity contribution is -0.119. The first-order valence-corrected chi connectivity index (χ1v) is 11.7. The lowest BCUT2D eigenvalue weighted by atomic mass is 9.96. The van der Waals surface area contributed by atoms with Gasteiger partial charge in [0.1, 0.15) is 29.0 Å². The van der Waals surface area contributed by atoms with Crippen LogP contribution in [0.5, 0.6) is 5.75 Å². The molecule has 0 unspecified atom stereocenters. The van der Waals surface area contributed by atoms with Crippen LogP contribution in [0, 0.1) is 18.3 Å². The molecule has 0 fully saturated rings. The number of esters is 1. The number of nitrogens with zero attached hydrogens (tertiary/aromatic N) is 1. The van der Waals surface area contributed by atoms with Crippen LogP contribution in [0.2, 0.25) is 0 Å². The summed E-state index contributed by atoms with van der Waals surface area (Å²) < 4.78 is 11.1. The van der Waals surface area contributed by atoms with Crippen LogP contribution >= 0.6 is 11.3 Å². The number of carbonyl (C=O) groups is 2. The maximum atomic E-state index is 12.6. The summed E-state index contributed by atoms with van der Waals surface area (Å²) in [6.07, 6.45) is 3.93. The molecule has 2 aromatic carbocycles. The molecular formula is C26H24N2O4S. The van der Waals surface area contributed by atoms with Crippen LogP contribution in [-0.2, 0) is 29.0 Å². The number of para-hydroxylation sites is 1. The zero-order valence-corrected chi connectivity index (χ0v) is 19.2. The van der Waals surface area contributed by atoms with Crippen LogP contribution in [0.1, 0.15) is 50.3 Å². The van der Waals surface area contributed by atoms with Gasteiger partial charge in [0.15, 0.2) is 6.61 Å². The molecule has 1 aliphatic carbocycles. The van der Waals surface area contributed by atoms with Gasteiger partial charge in [-0.2, -0.15) is 5.26 Å². The maximum absolute atomic E-state index is 12.6. The SMILES string of the molecule is Cc1cccc(COc2ccccc2C(=O)OCC(=O)Nc2sc3c(c2C#N)CCCC3)c1. The third kappa shape index (κ3) is 5.41. The number of anilines is 1. The van der Waals surface area contributed by atoms with Crippen molar-refractivity contribution in [2.45, 2.75) is 39.2 Å². The van der Waals surface area contributed by atoms with Gasteiger partial charge < -0.3 is 14.8 Å². The number of thiophene rings is 1. The fourth-order valence-corrected chi connectivity index (χ4v) is 5.12. The third-order valence-electron chi connectivity index (χ3n) is 5.45. The molecule has 6 nitrogen and oxygen atoms in total. The van der Waals surface area contributed by atoms with E-state index in [0.717, 1.165) is 47.3 Å². The number of rotatable bonds is 7. The molecule has 0 saturated heterocycles. The Morgan fingerprint density at radius 1 is 1.12 bits per heavy atom. The van der Waals surface area contributed by atoms with Gasteiger partial charge in [-0.1, -0.05) is 42.0 Å². The van der Waals surface area contributed by atoms with E-state index in [9.17, 15) is 14.9 Å². The van der Waals surface area contributed by atoms with Crippen LogP contribution in [0.3, 0.4) is 0 Å². The molecule has 0 spiro atoms. The van der Waals surface area contributed by atoms with E-state index in [2.05, 4.69) is 11.4 Å². The molecule has 0 saturated carbocycles. The first-order chi connectivity index (χ1) is 16.0. The van der Waals surface area contributed by atoms with Crippen LogP contribution in [0.4, 0.5) is 5.00 Å². The van der Waals surface area contributed by atoms with Crippen molar-refractivity contribution in [1.29, 1.82) is 5.26 Å². The van der Waals surface area contributed by atoms with Crippen LogP contribution in [0.15, 0.2) is 48.5 Å². The average Bonchev–Trinajstić information content (AvgIpc) is 3.18. The van der Waals surface area contributed by atoms with Gasteiger partial charge in [0.2, 0.25) is 0 Å². The Kier molecular flexibility index (Phi) is 7.06. The highest BCUT2D eigenvalue weighted by Gasteiger charge is 2.22. The Bertz CT molecular complexity index is 1230. The summed E-state index contributed by atoms with van der Waals surface area (Å²) in [6, 6.07) is 16.9. The number of hydrogen-bond acceptors (Lipinski definition) is 6. The van der Waals surface area contributed by atoms with Gasteiger partial charge in [-0.3, -0.25) is 4.79 Å². The number of amides is 1. The average molecular weight is 461 g/mol.